The maximum absolute atomic E-state index is 12.9. The molecular weight excluding hydrogens is 901 g/mol. The number of unbranched alkanes of at least 4 members (excludes halogenated alkanes) is 28. The van der Waals surface area contributed by atoms with Gasteiger partial charge in [0.1, 0.15) is 13.2 Å². The average Bonchev–Trinajstić information content (AvgIpc) is 3.39. The predicted molar refractivity (Wildman–Crippen MR) is 316 cm³/mol. The van der Waals surface area contributed by atoms with E-state index in [1.165, 1.54) is 141 Å². The minimum atomic E-state index is -0.808. The highest BCUT2D eigenvalue weighted by molar-refractivity contribution is 5.71. The van der Waals surface area contributed by atoms with Crippen LogP contribution >= 0.6 is 0 Å². The van der Waals surface area contributed by atoms with E-state index in [2.05, 4.69) is 118 Å². The number of ether oxygens (including phenoxy) is 3. The van der Waals surface area contributed by atoms with Gasteiger partial charge in [-0.2, -0.15) is 0 Å². The molecular formula is C67H114O6. The first-order chi connectivity index (χ1) is 36.0. The summed E-state index contributed by atoms with van der Waals surface area (Å²) in [6.45, 7) is 6.55. The van der Waals surface area contributed by atoms with Gasteiger partial charge in [-0.1, -0.05) is 259 Å². The second-order valence-corrected chi connectivity index (χ2v) is 20.3. The molecule has 0 bridgehead atoms. The molecule has 0 unspecified atom stereocenters. The first-order valence-electron chi connectivity index (χ1n) is 30.7. The summed E-state index contributed by atoms with van der Waals surface area (Å²) in [6.07, 6.45) is 81.1. The minimum Gasteiger partial charge on any atom is -0.462 e. The van der Waals surface area contributed by atoms with Gasteiger partial charge in [-0.25, -0.2) is 0 Å². The highest BCUT2D eigenvalue weighted by atomic mass is 16.6. The van der Waals surface area contributed by atoms with E-state index in [4.69, 9.17) is 14.2 Å². The van der Waals surface area contributed by atoms with E-state index in [0.717, 1.165) is 109 Å². The van der Waals surface area contributed by atoms with E-state index >= 15 is 0 Å². The lowest BCUT2D eigenvalue weighted by Gasteiger charge is -2.18. The van der Waals surface area contributed by atoms with Crippen molar-refractivity contribution < 1.29 is 28.6 Å². The molecule has 0 rings (SSSR count). The van der Waals surface area contributed by atoms with Crippen LogP contribution in [0.1, 0.15) is 290 Å². The molecule has 418 valence electrons. The van der Waals surface area contributed by atoms with Crippen LogP contribution in [-0.2, 0) is 28.6 Å². The summed E-state index contributed by atoms with van der Waals surface area (Å²) in [4.78, 5) is 38.3. The van der Waals surface area contributed by atoms with Crippen molar-refractivity contribution in [2.75, 3.05) is 13.2 Å². The summed E-state index contributed by atoms with van der Waals surface area (Å²) in [5.74, 6) is -0.954. The van der Waals surface area contributed by atoms with Crippen LogP contribution in [0.15, 0.2) is 97.2 Å². The first-order valence-corrected chi connectivity index (χ1v) is 30.7. The second kappa shape index (κ2) is 60.9. The number of hydrogen-bond acceptors (Lipinski definition) is 6. The van der Waals surface area contributed by atoms with E-state index in [-0.39, 0.29) is 37.5 Å². The lowest BCUT2D eigenvalue weighted by atomic mass is 10.0. The van der Waals surface area contributed by atoms with Crippen LogP contribution in [0.25, 0.3) is 0 Å². The maximum Gasteiger partial charge on any atom is 0.306 e. The molecule has 0 aliphatic heterocycles. The molecule has 0 N–H and O–H groups in total. The number of carbonyl (C=O) groups excluding carboxylic acids is 3. The quantitative estimate of drug-likeness (QED) is 0.0261. The van der Waals surface area contributed by atoms with Crippen molar-refractivity contribution in [2.45, 2.75) is 297 Å². The third kappa shape index (κ3) is 59.1. The molecule has 0 spiro atoms. The standard InChI is InChI=1S/C67H114O6/c1-4-7-10-13-16-19-22-25-28-31-33-36-39-42-45-48-51-54-57-60-66(69)72-63-64(62-71-65(68)59-56-53-50-47-44-41-38-35-30-27-24-21-18-15-12-9-6-3)73-67(70)61-58-55-52-49-46-43-40-37-34-32-29-26-23-20-17-14-11-8-5-2/h16-17,19-20,25-26,28-29,33-34,36-37,42-43,45-46,64H,4-15,18,21-24,27,30-32,35,38-41,44,47-63H2,1-3H3/b19-16-,20-17-,28-25-,29-26-,36-33-,37-34-,45-42-,46-43-/t64-/m0/s1. The Morgan fingerprint density at radius 1 is 0.274 bits per heavy atom. The molecule has 0 heterocycles. The first kappa shape index (κ1) is 69.3. The number of esters is 3. The summed E-state index contributed by atoms with van der Waals surface area (Å²) in [5.41, 5.74) is 0. The molecule has 0 saturated carbocycles. The number of allylic oxidation sites excluding steroid dienone is 16. The molecule has 73 heavy (non-hydrogen) atoms. The van der Waals surface area contributed by atoms with Crippen molar-refractivity contribution in [1.82, 2.24) is 0 Å². The van der Waals surface area contributed by atoms with Crippen molar-refractivity contribution in [3.63, 3.8) is 0 Å². The predicted octanol–water partition coefficient (Wildman–Crippen LogP) is 20.9. The van der Waals surface area contributed by atoms with Gasteiger partial charge in [-0.3, -0.25) is 14.4 Å². The van der Waals surface area contributed by atoms with E-state index in [1.54, 1.807) is 0 Å². The largest absolute Gasteiger partial charge is 0.462 e. The van der Waals surface area contributed by atoms with Gasteiger partial charge in [-0.05, 0) is 109 Å². The van der Waals surface area contributed by atoms with Crippen LogP contribution < -0.4 is 0 Å². The van der Waals surface area contributed by atoms with Crippen molar-refractivity contribution in [3.05, 3.63) is 97.2 Å². The normalized spacial score (nSPS) is 12.8. The highest BCUT2D eigenvalue weighted by Crippen LogP contribution is 2.16. The van der Waals surface area contributed by atoms with Crippen molar-refractivity contribution in [2.24, 2.45) is 0 Å². The molecule has 0 aliphatic rings. The van der Waals surface area contributed by atoms with Crippen LogP contribution in [0, 0.1) is 0 Å². The zero-order chi connectivity index (χ0) is 52.9. The Bertz CT molecular complexity index is 1440. The second-order valence-electron chi connectivity index (χ2n) is 20.3. The Morgan fingerprint density at radius 2 is 0.493 bits per heavy atom. The summed E-state index contributed by atoms with van der Waals surface area (Å²) >= 11 is 0. The Morgan fingerprint density at radius 3 is 0.795 bits per heavy atom. The minimum absolute atomic E-state index is 0.0993. The van der Waals surface area contributed by atoms with Crippen molar-refractivity contribution in [3.8, 4) is 0 Å². The molecule has 0 amide bonds. The smallest absolute Gasteiger partial charge is 0.306 e. The summed E-state index contributed by atoms with van der Waals surface area (Å²) < 4.78 is 16.9. The molecule has 6 nitrogen and oxygen atoms in total. The fourth-order valence-corrected chi connectivity index (χ4v) is 8.41. The lowest BCUT2D eigenvalue weighted by molar-refractivity contribution is -0.167. The molecule has 1 atom stereocenters. The zero-order valence-corrected chi connectivity index (χ0v) is 47.9. The zero-order valence-electron chi connectivity index (χ0n) is 47.9. The lowest BCUT2D eigenvalue weighted by Crippen LogP contribution is -2.30. The molecule has 6 heteroatoms. The van der Waals surface area contributed by atoms with Gasteiger partial charge < -0.3 is 14.2 Å². The Hall–Kier alpha value is -3.67. The van der Waals surface area contributed by atoms with Gasteiger partial charge in [0.15, 0.2) is 6.10 Å². The van der Waals surface area contributed by atoms with Gasteiger partial charge in [0.2, 0.25) is 0 Å². The van der Waals surface area contributed by atoms with Crippen LogP contribution in [-0.4, -0.2) is 37.2 Å². The fourth-order valence-electron chi connectivity index (χ4n) is 8.41. The van der Waals surface area contributed by atoms with Crippen molar-refractivity contribution in [1.29, 1.82) is 0 Å². The summed E-state index contributed by atoms with van der Waals surface area (Å²) in [6, 6.07) is 0. The van der Waals surface area contributed by atoms with E-state index in [9.17, 15) is 14.4 Å². The van der Waals surface area contributed by atoms with Crippen LogP contribution in [0.5, 0.6) is 0 Å². The monoisotopic (exact) mass is 1010 g/mol. The summed E-state index contributed by atoms with van der Waals surface area (Å²) in [7, 11) is 0. The SMILES string of the molecule is CCCCC/C=C\C/C=C\C/C=C\C/C=C\CCCCCC(=O)OC[C@H](COC(=O)CCCCCCCCCCCCCCCCCCC)OC(=O)CCCCC/C=C\C/C=C\C/C=C\C/C=C\CCCCC. The maximum atomic E-state index is 12.9. The molecule has 0 radical (unpaired) electrons. The van der Waals surface area contributed by atoms with Crippen molar-refractivity contribution >= 4 is 17.9 Å². The van der Waals surface area contributed by atoms with Crippen LogP contribution in [0.3, 0.4) is 0 Å². The molecule has 0 aromatic carbocycles. The van der Waals surface area contributed by atoms with E-state index in [0.29, 0.717) is 12.8 Å². The topological polar surface area (TPSA) is 78.9 Å². The molecule has 0 aromatic rings. The average molecular weight is 1020 g/mol. The van der Waals surface area contributed by atoms with Gasteiger partial charge in [-0.15, -0.1) is 0 Å². The van der Waals surface area contributed by atoms with Gasteiger partial charge in [0, 0.05) is 19.3 Å². The van der Waals surface area contributed by atoms with E-state index in [1.807, 2.05) is 0 Å². The van der Waals surface area contributed by atoms with Gasteiger partial charge >= 0.3 is 17.9 Å². The summed E-state index contributed by atoms with van der Waals surface area (Å²) in [5, 5.41) is 0. The Balaban J connectivity index is 4.50. The van der Waals surface area contributed by atoms with E-state index < -0.39 is 6.10 Å². The number of carbonyl (C=O) groups is 3. The fraction of sp³-hybridized carbons (Fsp3) is 0.716. The molecule has 0 fully saturated rings. The number of rotatable bonds is 55. The molecule has 0 aliphatic carbocycles. The number of hydrogen-bond donors (Lipinski definition) is 0. The van der Waals surface area contributed by atoms with Gasteiger partial charge in [0.25, 0.3) is 0 Å². The van der Waals surface area contributed by atoms with Crippen LogP contribution in [0.2, 0.25) is 0 Å². The Kier molecular flexibility index (Phi) is 57.8. The molecule has 0 aromatic heterocycles. The highest BCUT2D eigenvalue weighted by Gasteiger charge is 2.19. The third-order valence-electron chi connectivity index (χ3n) is 13.1. The third-order valence-corrected chi connectivity index (χ3v) is 13.1. The van der Waals surface area contributed by atoms with Gasteiger partial charge in [0.05, 0.1) is 0 Å². The Labute approximate surface area is 451 Å². The molecule has 0 saturated heterocycles. The van der Waals surface area contributed by atoms with Crippen LogP contribution in [0.4, 0.5) is 0 Å².